The van der Waals surface area contributed by atoms with Gasteiger partial charge >= 0.3 is 5.97 Å². The van der Waals surface area contributed by atoms with Crippen LogP contribution in [0.3, 0.4) is 0 Å². The number of carbonyl (C=O) groups excluding carboxylic acids is 2. The molecule has 32 heavy (non-hydrogen) atoms. The van der Waals surface area contributed by atoms with Crippen LogP contribution in [-0.2, 0) is 9.59 Å². The summed E-state index contributed by atoms with van der Waals surface area (Å²) in [6.45, 7) is 0. The second-order valence-corrected chi connectivity index (χ2v) is 7.06. The predicted molar refractivity (Wildman–Crippen MR) is 118 cm³/mol. The predicted octanol–water partition coefficient (Wildman–Crippen LogP) is 3.35. The van der Waals surface area contributed by atoms with Crippen LogP contribution in [0.4, 0.5) is 5.69 Å². The average Bonchev–Trinajstić information content (AvgIpc) is 3.25. The van der Waals surface area contributed by atoms with Crippen LogP contribution in [-0.4, -0.2) is 28.0 Å². The van der Waals surface area contributed by atoms with Gasteiger partial charge in [-0.3, -0.25) is 19.8 Å². The van der Waals surface area contributed by atoms with Crippen molar-refractivity contribution >= 4 is 46.9 Å². The van der Waals surface area contributed by atoms with Gasteiger partial charge < -0.3 is 9.52 Å². The molecule has 156 valence electrons. The molecule has 2 aromatic carbocycles. The highest BCUT2D eigenvalue weighted by Gasteiger charge is 2.35. The Balaban J connectivity index is 1.70. The lowest BCUT2D eigenvalue weighted by Crippen LogP contribution is -2.54. The number of amides is 2. The molecule has 1 aliphatic rings. The summed E-state index contributed by atoms with van der Waals surface area (Å²) < 4.78 is 5.74. The van der Waals surface area contributed by atoms with Crippen molar-refractivity contribution in [1.29, 1.82) is 5.26 Å². The standard InChI is InChI=1S/C23H13N3O5S/c24-12-14-4-1-2-7-17(14)19-9-8-16(31-19)11-18-20(27)25-23(32)26(21(18)28)15-6-3-5-13(10-15)22(29)30/h1-11H,(H,29,30)(H,25,27,32). The number of nitrogens with one attached hydrogen (secondary N) is 1. The fourth-order valence-corrected chi connectivity index (χ4v) is 3.46. The first kappa shape index (κ1) is 20.7. The normalized spacial score (nSPS) is 14.9. The molecule has 1 aromatic heterocycles. The van der Waals surface area contributed by atoms with Crippen LogP contribution in [0.1, 0.15) is 21.7 Å². The SMILES string of the molecule is N#Cc1ccccc1-c1ccc(C=C2C(=O)NC(=S)N(c3cccc(C(=O)O)c3)C2=O)o1. The first-order chi connectivity index (χ1) is 15.4. The summed E-state index contributed by atoms with van der Waals surface area (Å²) in [6, 6.07) is 17.8. The molecule has 9 heteroatoms. The Morgan fingerprint density at radius 1 is 1.12 bits per heavy atom. The third-order valence-electron chi connectivity index (χ3n) is 4.68. The van der Waals surface area contributed by atoms with Crippen LogP contribution in [0.5, 0.6) is 0 Å². The highest BCUT2D eigenvalue weighted by atomic mass is 32.1. The minimum atomic E-state index is -1.16. The fourth-order valence-electron chi connectivity index (χ4n) is 3.18. The second kappa shape index (κ2) is 8.29. The second-order valence-electron chi connectivity index (χ2n) is 6.67. The Hall–Kier alpha value is -4.55. The van der Waals surface area contributed by atoms with Crippen molar-refractivity contribution in [2.45, 2.75) is 0 Å². The van der Waals surface area contributed by atoms with Crippen molar-refractivity contribution in [1.82, 2.24) is 5.32 Å². The molecule has 0 atom stereocenters. The monoisotopic (exact) mass is 443 g/mol. The summed E-state index contributed by atoms with van der Waals surface area (Å²) in [5, 5.41) is 20.8. The lowest BCUT2D eigenvalue weighted by Gasteiger charge is -2.28. The van der Waals surface area contributed by atoms with Gasteiger partial charge in [0.15, 0.2) is 5.11 Å². The summed E-state index contributed by atoms with van der Waals surface area (Å²) >= 11 is 5.13. The minimum absolute atomic E-state index is 0.0348. The number of carbonyl (C=O) groups is 3. The van der Waals surface area contributed by atoms with E-state index >= 15 is 0 Å². The summed E-state index contributed by atoms with van der Waals surface area (Å²) in [5.41, 5.74) is 0.921. The number of thiocarbonyl (C=S) groups is 1. The van der Waals surface area contributed by atoms with Gasteiger partial charge in [-0.2, -0.15) is 5.26 Å². The maximum Gasteiger partial charge on any atom is 0.335 e. The number of aromatic carboxylic acids is 1. The molecule has 0 aliphatic carbocycles. The number of anilines is 1. The van der Waals surface area contributed by atoms with E-state index in [0.29, 0.717) is 16.9 Å². The number of carboxylic acid groups (broad SMARTS) is 1. The number of benzene rings is 2. The van der Waals surface area contributed by atoms with E-state index in [1.165, 1.54) is 30.3 Å². The molecule has 2 N–H and O–H groups in total. The summed E-state index contributed by atoms with van der Waals surface area (Å²) in [7, 11) is 0. The van der Waals surface area contributed by atoms with Crippen molar-refractivity contribution in [3.05, 3.63) is 83.1 Å². The summed E-state index contributed by atoms with van der Waals surface area (Å²) in [5.74, 6) is -1.97. The van der Waals surface area contributed by atoms with E-state index in [1.54, 1.807) is 36.4 Å². The quantitative estimate of drug-likeness (QED) is 0.360. The minimum Gasteiger partial charge on any atom is -0.478 e. The van der Waals surface area contributed by atoms with Crippen LogP contribution in [0, 0.1) is 11.3 Å². The lowest BCUT2D eigenvalue weighted by molar-refractivity contribution is -0.122. The molecule has 8 nitrogen and oxygen atoms in total. The molecule has 0 radical (unpaired) electrons. The number of nitrogens with zero attached hydrogens (tertiary/aromatic N) is 2. The van der Waals surface area contributed by atoms with Gasteiger partial charge in [-0.05, 0) is 60.8 Å². The van der Waals surface area contributed by atoms with E-state index in [2.05, 4.69) is 11.4 Å². The van der Waals surface area contributed by atoms with Crippen molar-refractivity contribution < 1.29 is 23.9 Å². The number of rotatable bonds is 4. The van der Waals surface area contributed by atoms with Crippen LogP contribution in [0.25, 0.3) is 17.4 Å². The Kier molecular flexibility index (Phi) is 5.37. The first-order valence-electron chi connectivity index (χ1n) is 9.23. The number of carboxylic acids is 1. The van der Waals surface area contributed by atoms with Gasteiger partial charge in [0.25, 0.3) is 11.8 Å². The van der Waals surface area contributed by atoms with Gasteiger partial charge in [0.05, 0.1) is 22.9 Å². The summed E-state index contributed by atoms with van der Waals surface area (Å²) in [6.07, 6.45) is 1.27. The molecular formula is C23H13N3O5S. The zero-order valence-electron chi connectivity index (χ0n) is 16.2. The van der Waals surface area contributed by atoms with Crippen molar-refractivity contribution in [3.63, 3.8) is 0 Å². The maximum absolute atomic E-state index is 13.1. The molecule has 3 aromatic rings. The molecule has 2 amide bonds. The highest BCUT2D eigenvalue weighted by molar-refractivity contribution is 7.80. The smallest absolute Gasteiger partial charge is 0.335 e. The Labute approximate surface area is 187 Å². The topological polar surface area (TPSA) is 124 Å². The molecule has 1 aliphatic heterocycles. The fraction of sp³-hybridized carbons (Fsp3) is 0. The van der Waals surface area contributed by atoms with E-state index in [4.69, 9.17) is 16.6 Å². The van der Waals surface area contributed by atoms with E-state index in [1.807, 2.05) is 0 Å². The molecule has 0 unspecified atom stereocenters. The van der Waals surface area contributed by atoms with Gasteiger partial charge in [-0.1, -0.05) is 18.2 Å². The lowest BCUT2D eigenvalue weighted by atomic mass is 10.1. The molecule has 1 fully saturated rings. The molecule has 0 bridgehead atoms. The Morgan fingerprint density at radius 3 is 2.66 bits per heavy atom. The van der Waals surface area contributed by atoms with Crippen molar-refractivity contribution in [2.75, 3.05) is 4.90 Å². The first-order valence-corrected chi connectivity index (χ1v) is 9.64. The molecule has 0 saturated carbocycles. The highest BCUT2D eigenvalue weighted by Crippen LogP contribution is 2.28. The average molecular weight is 443 g/mol. The molecular weight excluding hydrogens is 430 g/mol. The number of furan rings is 1. The summed E-state index contributed by atoms with van der Waals surface area (Å²) in [4.78, 5) is 37.9. The zero-order chi connectivity index (χ0) is 22.8. The van der Waals surface area contributed by atoms with Gasteiger partial charge in [0.2, 0.25) is 0 Å². The Morgan fingerprint density at radius 2 is 1.91 bits per heavy atom. The number of nitriles is 1. The third-order valence-corrected chi connectivity index (χ3v) is 4.96. The molecule has 0 spiro atoms. The van der Waals surface area contributed by atoms with E-state index < -0.39 is 17.8 Å². The molecule has 1 saturated heterocycles. The van der Waals surface area contributed by atoms with Gasteiger partial charge in [0, 0.05) is 5.56 Å². The van der Waals surface area contributed by atoms with Crippen molar-refractivity contribution in [2.24, 2.45) is 0 Å². The van der Waals surface area contributed by atoms with E-state index in [0.717, 1.165) is 4.90 Å². The van der Waals surface area contributed by atoms with Crippen LogP contribution >= 0.6 is 12.2 Å². The molecule has 2 heterocycles. The zero-order valence-corrected chi connectivity index (χ0v) is 17.1. The van der Waals surface area contributed by atoms with E-state index in [-0.39, 0.29) is 27.7 Å². The third kappa shape index (κ3) is 3.78. The molecule has 4 rings (SSSR count). The van der Waals surface area contributed by atoms with Crippen LogP contribution in [0.2, 0.25) is 0 Å². The van der Waals surface area contributed by atoms with Crippen LogP contribution in [0.15, 0.2) is 70.7 Å². The van der Waals surface area contributed by atoms with Gasteiger partial charge in [-0.25, -0.2) is 4.79 Å². The van der Waals surface area contributed by atoms with Crippen LogP contribution < -0.4 is 10.2 Å². The van der Waals surface area contributed by atoms with Gasteiger partial charge in [0.1, 0.15) is 17.1 Å². The largest absolute Gasteiger partial charge is 0.478 e. The van der Waals surface area contributed by atoms with Gasteiger partial charge in [-0.15, -0.1) is 0 Å². The number of hydrogen-bond donors (Lipinski definition) is 2. The number of hydrogen-bond acceptors (Lipinski definition) is 6. The van der Waals surface area contributed by atoms with Crippen molar-refractivity contribution in [3.8, 4) is 17.4 Å². The van der Waals surface area contributed by atoms with E-state index in [9.17, 15) is 24.8 Å². The maximum atomic E-state index is 13.1. The Bertz CT molecular complexity index is 1370.